The molecule has 8 heteroatoms. The minimum atomic E-state index is -0.555. The average molecular weight is 541 g/mol. The van der Waals surface area contributed by atoms with Crippen molar-refractivity contribution in [2.24, 2.45) is 0 Å². The summed E-state index contributed by atoms with van der Waals surface area (Å²) in [6.07, 6.45) is 1.47. The van der Waals surface area contributed by atoms with Crippen molar-refractivity contribution < 1.29 is 23.5 Å². The maximum atomic E-state index is 13.4. The maximum absolute atomic E-state index is 13.4. The number of halogens is 1. The van der Waals surface area contributed by atoms with Crippen LogP contribution in [0, 0.1) is 5.82 Å². The second-order valence-electron chi connectivity index (χ2n) is 8.35. The number of hydrogen-bond donors (Lipinski definition) is 2. The molecule has 196 valence electrons. The molecule has 0 fully saturated rings. The number of carbonyl (C=O) groups is 3. The van der Waals surface area contributed by atoms with Crippen molar-refractivity contribution in [3.05, 3.63) is 131 Å². The number of benzene rings is 4. The Morgan fingerprint density at radius 1 is 0.846 bits per heavy atom. The smallest absolute Gasteiger partial charge is 0.272 e. The predicted octanol–water partition coefficient (Wildman–Crippen LogP) is 6.22. The maximum Gasteiger partial charge on any atom is 0.272 e. The molecule has 39 heavy (non-hydrogen) atoms. The van der Waals surface area contributed by atoms with Gasteiger partial charge in [0.25, 0.3) is 11.8 Å². The summed E-state index contributed by atoms with van der Waals surface area (Å²) >= 11 is 1.34. The first kappa shape index (κ1) is 27.3. The Bertz CT molecular complexity index is 1490. The third-order valence-electron chi connectivity index (χ3n) is 5.58. The number of amides is 2. The molecule has 0 bridgehead atoms. The number of ketones is 1. The molecular weight excluding hydrogens is 515 g/mol. The van der Waals surface area contributed by atoms with Gasteiger partial charge >= 0.3 is 0 Å². The van der Waals surface area contributed by atoms with Gasteiger partial charge < -0.3 is 15.4 Å². The van der Waals surface area contributed by atoms with Crippen LogP contribution in [0.2, 0.25) is 0 Å². The van der Waals surface area contributed by atoms with E-state index in [9.17, 15) is 18.8 Å². The van der Waals surface area contributed by atoms with Crippen molar-refractivity contribution in [2.75, 3.05) is 18.2 Å². The summed E-state index contributed by atoms with van der Waals surface area (Å²) in [7, 11) is 1.57. The second kappa shape index (κ2) is 13.2. The van der Waals surface area contributed by atoms with E-state index in [1.165, 1.54) is 42.1 Å². The fourth-order valence-electron chi connectivity index (χ4n) is 3.54. The molecule has 0 saturated heterocycles. The molecule has 4 rings (SSSR count). The topological polar surface area (TPSA) is 84.5 Å². The van der Waals surface area contributed by atoms with E-state index in [-0.39, 0.29) is 17.2 Å². The molecule has 0 radical (unpaired) electrons. The molecule has 6 nitrogen and oxygen atoms in total. The van der Waals surface area contributed by atoms with Crippen LogP contribution in [-0.4, -0.2) is 30.5 Å². The molecule has 0 spiro atoms. The number of hydrogen-bond acceptors (Lipinski definition) is 5. The van der Waals surface area contributed by atoms with Crippen LogP contribution < -0.4 is 15.4 Å². The standard InChI is InChI=1S/C31H25FN2O4S/c1-38-26-16-12-22(13-17-26)29(35)20-39-27-9-5-8-25(19-27)33-31(37)28(18-21-10-14-24(32)15-11-21)34-30(36)23-6-3-2-4-7-23/h2-19H,20H2,1H3,(H,33,37)(H,34,36)/b28-18-. The van der Waals surface area contributed by atoms with Crippen LogP contribution in [0.3, 0.4) is 0 Å². The van der Waals surface area contributed by atoms with Crippen molar-refractivity contribution in [3.63, 3.8) is 0 Å². The SMILES string of the molecule is COc1ccc(C(=O)CSc2cccc(NC(=O)/C(=C/c3ccc(F)cc3)NC(=O)c3ccccc3)c2)cc1. The van der Waals surface area contributed by atoms with Gasteiger partial charge in [-0.25, -0.2) is 4.39 Å². The molecule has 0 saturated carbocycles. The molecule has 0 aromatic heterocycles. The Balaban J connectivity index is 1.47. The van der Waals surface area contributed by atoms with Crippen LogP contribution in [0.5, 0.6) is 5.75 Å². The van der Waals surface area contributed by atoms with E-state index >= 15 is 0 Å². The summed E-state index contributed by atoms with van der Waals surface area (Å²) in [5.41, 5.74) is 1.98. The zero-order valence-electron chi connectivity index (χ0n) is 21.0. The van der Waals surface area contributed by atoms with Crippen molar-refractivity contribution in [1.82, 2.24) is 5.32 Å². The van der Waals surface area contributed by atoms with E-state index in [1.807, 2.05) is 6.07 Å². The Labute approximate surface area is 229 Å². The van der Waals surface area contributed by atoms with E-state index in [0.717, 1.165) is 4.90 Å². The minimum Gasteiger partial charge on any atom is -0.497 e. The largest absolute Gasteiger partial charge is 0.497 e. The van der Waals surface area contributed by atoms with Crippen LogP contribution in [0.25, 0.3) is 6.08 Å². The van der Waals surface area contributed by atoms with E-state index < -0.39 is 17.6 Å². The van der Waals surface area contributed by atoms with Gasteiger partial charge in [0, 0.05) is 21.7 Å². The molecular formula is C31H25FN2O4S. The second-order valence-corrected chi connectivity index (χ2v) is 9.40. The van der Waals surface area contributed by atoms with E-state index in [2.05, 4.69) is 10.6 Å². The van der Waals surface area contributed by atoms with Gasteiger partial charge in [0.1, 0.15) is 17.3 Å². The summed E-state index contributed by atoms with van der Waals surface area (Å²) in [6.45, 7) is 0. The highest BCUT2D eigenvalue weighted by Crippen LogP contribution is 2.24. The molecule has 2 N–H and O–H groups in total. The van der Waals surface area contributed by atoms with Crippen LogP contribution >= 0.6 is 11.8 Å². The average Bonchev–Trinajstić information content (AvgIpc) is 2.97. The molecule has 4 aromatic rings. The predicted molar refractivity (Wildman–Crippen MR) is 151 cm³/mol. The monoisotopic (exact) mass is 540 g/mol. The van der Waals surface area contributed by atoms with Crippen molar-refractivity contribution >= 4 is 41.1 Å². The fraction of sp³-hybridized carbons (Fsp3) is 0.0645. The van der Waals surface area contributed by atoms with Gasteiger partial charge in [0.15, 0.2) is 5.78 Å². The molecule has 0 atom stereocenters. The Hall–Kier alpha value is -4.69. The van der Waals surface area contributed by atoms with E-state index in [1.54, 1.807) is 79.9 Å². The number of ether oxygens (including phenoxy) is 1. The number of rotatable bonds is 10. The van der Waals surface area contributed by atoms with Gasteiger partial charge in [-0.05, 0) is 78.4 Å². The zero-order valence-corrected chi connectivity index (χ0v) is 21.8. The lowest BCUT2D eigenvalue weighted by Crippen LogP contribution is -2.30. The van der Waals surface area contributed by atoms with Gasteiger partial charge in [-0.3, -0.25) is 14.4 Å². The summed E-state index contributed by atoms with van der Waals surface area (Å²) < 4.78 is 18.5. The lowest BCUT2D eigenvalue weighted by atomic mass is 10.1. The van der Waals surface area contributed by atoms with Crippen LogP contribution in [-0.2, 0) is 4.79 Å². The Kier molecular flexibility index (Phi) is 9.26. The fourth-order valence-corrected chi connectivity index (χ4v) is 4.39. The molecule has 0 unspecified atom stereocenters. The first-order valence-corrected chi connectivity index (χ1v) is 12.9. The van der Waals surface area contributed by atoms with Crippen molar-refractivity contribution in [3.8, 4) is 5.75 Å². The normalized spacial score (nSPS) is 11.0. The summed E-state index contributed by atoms with van der Waals surface area (Å²) in [4.78, 5) is 39.4. The number of thioether (sulfide) groups is 1. The third-order valence-corrected chi connectivity index (χ3v) is 6.58. The van der Waals surface area contributed by atoms with Crippen LogP contribution in [0.4, 0.5) is 10.1 Å². The molecule has 4 aromatic carbocycles. The highest BCUT2D eigenvalue weighted by atomic mass is 32.2. The highest BCUT2D eigenvalue weighted by Gasteiger charge is 2.16. The lowest BCUT2D eigenvalue weighted by molar-refractivity contribution is -0.113. The van der Waals surface area contributed by atoms with Gasteiger partial charge in [-0.2, -0.15) is 0 Å². The zero-order chi connectivity index (χ0) is 27.6. The van der Waals surface area contributed by atoms with Gasteiger partial charge in [-0.1, -0.05) is 36.4 Å². The summed E-state index contributed by atoms with van der Waals surface area (Å²) in [5.74, 6) is -0.570. The van der Waals surface area contributed by atoms with E-state index in [4.69, 9.17) is 4.74 Å². The van der Waals surface area contributed by atoms with Crippen molar-refractivity contribution in [2.45, 2.75) is 4.90 Å². The lowest BCUT2D eigenvalue weighted by Gasteiger charge is -2.12. The number of carbonyl (C=O) groups excluding carboxylic acids is 3. The van der Waals surface area contributed by atoms with Crippen LogP contribution in [0.1, 0.15) is 26.3 Å². The van der Waals surface area contributed by atoms with E-state index in [0.29, 0.717) is 28.1 Å². The summed E-state index contributed by atoms with van der Waals surface area (Å²) in [6, 6.07) is 28.0. The first-order valence-electron chi connectivity index (χ1n) is 12.0. The van der Waals surface area contributed by atoms with Gasteiger partial charge in [0.05, 0.1) is 12.9 Å². The van der Waals surface area contributed by atoms with Gasteiger partial charge in [-0.15, -0.1) is 11.8 Å². The third kappa shape index (κ3) is 7.90. The van der Waals surface area contributed by atoms with Gasteiger partial charge in [0.2, 0.25) is 0 Å². The quantitative estimate of drug-likeness (QED) is 0.142. The molecule has 0 aliphatic rings. The first-order chi connectivity index (χ1) is 18.9. The van der Waals surface area contributed by atoms with Crippen LogP contribution in [0.15, 0.2) is 114 Å². The molecule has 0 heterocycles. The minimum absolute atomic E-state index is 0.0109. The van der Waals surface area contributed by atoms with Crippen molar-refractivity contribution in [1.29, 1.82) is 0 Å². The molecule has 0 aliphatic carbocycles. The number of methoxy groups -OCH3 is 1. The molecule has 2 amide bonds. The number of nitrogens with one attached hydrogen (secondary N) is 2. The Morgan fingerprint density at radius 3 is 2.26 bits per heavy atom. The number of anilines is 1. The highest BCUT2D eigenvalue weighted by molar-refractivity contribution is 8.00. The molecule has 0 aliphatic heterocycles. The number of Topliss-reactive ketones (excluding diaryl/α,β-unsaturated/α-hetero) is 1. The Morgan fingerprint density at radius 2 is 1.56 bits per heavy atom. The summed E-state index contributed by atoms with van der Waals surface area (Å²) in [5, 5.41) is 5.45.